The molecule has 3 aromatic rings. The molecule has 1 aliphatic heterocycles. The van der Waals surface area contributed by atoms with Gasteiger partial charge in [-0.1, -0.05) is 55.3 Å². The van der Waals surface area contributed by atoms with Gasteiger partial charge in [-0.2, -0.15) is 0 Å². The number of aromatic nitrogens is 2. The van der Waals surface area contributed by atoms with Crippen molar-refractivity contribution in [2.45, 2.75) is 31.7 Å². The summed E-state index contributed by atoms with van der Waals surface area (Å²) in [5, 5.41) is 2.32. The van der Waals surface area contributed by atoms with Crippen molar-refractivity contribution in [3.05, 3.63) is 54.4 Å². The van der Waals surface area contributed by atoms with Crippen molar-refractivity contribution in [3.8, 4) is 11.4 Å². The molecule has 2 fully saturated rings. The zero-order valence-electron chi connectivity index (χ0n) is 16.1. The standard InChI is InChI=1S/C23H26N4O/c28-23(27-14-12-26(13-15-27)18-8-2-3-9-18)21-16-24-22(25-21)20-11-5-7-17-6-1-4-10-19(17)20/h1,4-7,10-11,16,18H,2-3,8-9,12-15H2,(H,24,25). The van der Waals surface area contributed by atoms with Crippen LogP contribution in [0.5, 0.6) is 0 Å². The quantitative estimate of drug-likeness (QED) is 0.756. The van der Waals surface area contributed by atoms with Crippen molar-refractivity contribution in [1.29, 1.82) is 0 Å². The lowest BCUT2D eigenvalue weighted by Crippen LogP contribution is -2.51. The zero-order valence-corrected chi connectivity index (χ0v) is 16.1. The Morgan fingerprint density at radius 2 is 1.71 bits per heavy atom. The maximum Gasteiger partial charge on any atom is 0.272 e. The molecule has 1 aliphatic carbocycles. The van der Waals surface area contributed by atoms with Crippen molar-refractivity contribution >= 4 is 16.7 Å². The molecule has 5 rings (SSSR count). The van der Waals surface area contributed by atoms with Gasteiger partial charge in [0.05, 0.1) is 6.20 Å². The van der Waals surface area contributed by atoms with Crippen LogP contribution >= 0.6 is 0 Å². The summed E-state index contributed by atoms with van der Waals surface area (Å²) in [5.41, 5.74) is 1.61. The topological polar surface area (TPSA) is 52.2 Å². The van der Waals surface area contributed by atoms with E-state index in [2.05, 4.69) is 39.1 Å². The largest absolute Gasteiger partial charge is 0.335 e. The highest BCUT2D eigenvalue weighted by molar-refractivity contribution is 5.97. The van der Waals surface area contributed by atoms with Crippen LogP contribution in [0.3, 0.4) is 0 Å². The second kappa shape index (κ2) is 7.40. The molecule has 28 heavy (non-hydrogen) atoms. The van der Waals surface area contributed by atoms with Crippen LogP contribution in [0.2, 0.25) is 0 Å². The van der Waals surface area contributed by atoms with E-state index < -0.39 is 0 Å². The Balaban J connectivity index is 1.31. The number of imidazole rings is 1. The molecule has 0 spiro atoms. The highest BCUT2D eigenvalue weighted by Crippen LogP contribution is 2.27. The van der Waals surface area contributed by atoms with Gasteiger partial charge in [-0.3, -0.25) is 9.69 Å². The molecular weight excluding hydrogens is 348 g/mol. The van der Waals surface area contributed by atoms with Crippen molar-refractivity contribution in [2.24, 2.45) is 0 Å². The lowest BCUT2D eigenvalue weighted by atomic mass is 10.0. The number of rotatable bonds is 3. The summed E-state index contributed by atoms with van der Waals surface area (Å²) in [7, 11) is 0. The molecule has 0 unspecified atom stereocenters. The van der Waals surface area contributed by atoms with E-state index in [0.717, 1.165) is 49.0 Å². The number of fused-ring (bicyclic) bond motifs is 1. The Kier molecular flexibility index (Phi) is 4.61. The molecule has 1 saturated carbocycles. The summed E-state index contributed by atoms with van der Waals surface area (Å²) in [6, 6.07) is 15.2. The normalized spacial score (nSPS) is 18.8. The summed E-state index contributed by atoms with van der Waals surface area (Å²) in [6.45, 7) is 3.58. The SMILES string of the molecule is O=C(c1cnc(-c2cccc3ccccc23)[nH]1)N1CCN(C2CCCC2)CC1. The molecule has 1 saturated heterocycles. The van der Waals surface area contributed by atoms with Crippen molar-refractivity contribution in [2.75, 3.05) is 26.2 Å². The highest BCUT2D eigenvalue weighted by Gasteiger charge is 2.28. The van der Waals surface area contributed by atoms with Gasteiger partial charge in [0.1, 0.15) is 11.5 Å². The maximum absolute atomic E-state index is 13.0. The number of hydrogen-bond donors (Lipinski definition) is 1. The number of amides is 1. The number of piperazine rings is 1. The Bertz CT molecular complexity index is 976. The molecular formula is C23H26N4O. The number of H-pyrrole nitrogens is 1. The maximum atomic E-state index is 13.0. The summed E-state index contributed by atoms with van der Waals surface area (Å²) >= 11 is 0. The molecule has 1 aromatic heterocycles. The van der Waals surface area contributed by atoms with Gasteiger partial charge in [0.2, 0.25) is 0 Å². The number of aromatic amines is 1. The first-order chi connectivity index (χ1) is 13.8. The summed E-state index contributed by atoms with van der Waals surface area (Å²) in [6.07, 6.45) is 7.04. The van der Waals surface area contributed by atoms with E-state index in [9.17, 15) is 4.79 Å². The van der Waals surface area contributed by atoms with Crippen LogP contribution in [0.4, 0.5) is 0 Å². The van der Waals surface area contributed by atoms with Crippen LogP contribution < -0.4 is 0 Å². The molecule has 144 valence electrons. The lowest BCUT2D eigenvalue weighted by molar-refractivity contribution is 0.0568. The average molecular weight is 374 g/mol. The molecule has 2 aliphatic rings. The Morgan fingerprint density at radius 1 is 0.964 bits per heavy atom. The van der Waals surface area contributed by atoms with Gasteiger partial charge >= 0.3 is 0 Å². The van der Waals surface area contributed by atoms with Crippen LogP contribution in [0.1, 0.15) is 36.2 Å². The minimum atomic E-state index is 0.0602. The fourth-order valence-corrected chi connectivity index (χ4v) is 4.73. The van der Waals surface area contributed by atoms with Crippen LogP contribution in [0, 0.1) is 0 Å². The molecule has 5 heteroatoms. The van der Waals surface area contributed by atoms with E-state index in [1.807, 2.05) is 23.1 Å². The molecule has 0 radical (unpaired) electrons. The van der Waals surface area contributed by atoms with Gasteiger partial charge in [0.15, 0.2) is 0 Å². The Hall–Kier alpha value is -2.66. The van der Waals surface area contributed by atoms with E-state index in [1.54, 1.807) is 6.20 Å². The van der Waals surface area contributed by atoms with Gasteiger partial charge in [-0.05, 0) is 23.6 Å². The van der Waals surface area contributed by atoms with Crippen LogP contribution in [-0.2, 0) is 0 Å². The fourth-order valence-electron chi connectivity index (χ4n) is 4.73. The van der Waals surface area contributed by atoms with Crippen LogP contribution in [-0.4, -0.2) is 57.9 Å². The van der Waals surface area contributed by atoms with Crippen molar-refractivity contribution in [3.63, 3.8) is 0 Å². The highest BCUT2D eigenvalue weighted by atomic mass is 16.2. The van der Waals surface area contributed by atoms with Gasteiger partial charge in [0, 0.05) is 37.8 Å². The molecule has 2 heterocycles. The fraction of sp³-hybridized carbons (Fsp3) is 0.391. The van der Waals surface area contributed by atoms with Crippen LogP contribution in [0.15, 0.2) is 48.7 Å². The second-order valence-electron chi connectivity index (χ2n) is 7.94. The monoisotopic (exact) mass is 374 g/mol. The zero-order chi connectivity index (χ0) is 18.9. The average Bonchev–Trinajstić information content (AvgIpc) is 3.45. The van der Waals surface area contributed by atoms with E-state index >= 15 is 0 Å². The smallest absolute Gasteiger partial charge is 0.272 e. The predicted octanol–water partition coefficient (Wildman–Crippen LogP) is 3.93. The first-order valence-electron chi connectivity index (χ1n) is 10.4. The first-order valence-corrected chi connectivity index (χ1v) is 10.4. The predicted molar refractivity (Wildman–Crippen MR) is 111 cm³/mol. The number of benzene rings is 2. The van der Waals surface area contributed by atoms with E-state index in [-0.39, 0.29) is 5.91 Å². The van der Waals surface area contributed by atoms with E-state index in [1.165, 1.54) is 31.1 Å². The minimum Gasteiger partial charge on any atom is -0.335 e. The molecule has 1 amide bonds. The molecule has 5 nitrogen and oxygen atoms in total. The van der Waals surface area contributed by atoms with Crippen molar-refractivity contribution < 1.29 is 4.79 Å². The second-order valence-corrected chi connectivity index (χ2v) is 7.94. The number of hydrogen-bond acceptors (Lipinski definition) is 3. The molecule has 2 aromatic carbocycles. The molecule has 0 atom stereocenters. The van der Waals surface area contributed by atoms with E-state index in [4.69, 9.17) is 0 Å². The van der Waals surface area contributed by atoms with Gasteiger partial charge in [-0.25, -0.2) is 4.98 Å². The molecule has 1 N–H and O–H groups in total. The number of nitrogens with zero attached hydrogens (tertiary/aromatic N) is 3. The Labute approximate surface area is 165 Å². The minimum absolute atomic E-state index is 0.0602. The third-order valence-corrected chi connectivity index (χ3v) is 6.29. The van der Waals surface area contributed by atoms with Crippen LogP contribution in [0.25, 0.3) is 22.2 Å². The van der Waals surface area contributed by atoms with Gasteiger partial charge in [-0.15, -0.1) is 0 Å². The number of carbonyl (C=O) groups excluding carboxylic acids is 1. The Morgan fingerprint density at radius 3 is 2.54 bits per heavy atom. The van der Waals surface area contributed by atoms with E-state index in [0.29, 0.717) is 5.69 Å². The first kappa shape index (κ1) is 17.4. The number of carbonyl (C=O) groups is 1. The third-order valence-electron chi connectivity index (χ3n) is 6.29. The van der Waals surface area contributed by atoms with Gasteiger partial charge < -0.3 is 9.88 Å². The summed E-state index contributed by atoms with van der Waals surface area (Å²) in [4.78, 5) is 25.3. The van der Waals surface area contributed by atoms with Gasteiger partial charge in [0.25, 0.3) is 5.91 Å². The third kappa shape index (κ3) is 3.20. The summed E-state index contributed by atoms with van der Waals surface area (Å²) in [5.74, 6) is 0.815. The summed E-state index contributed by atoms with van der Waals surface area (Å²) < 4.78 is 0. The lowest BCUT2D eigenvalue weighted by Gasteiger charge is -2.37. The molecule has 0 bridgehead atoms. The van der Waals surface area contributed by atoms with Crippen molar-refractivity contribution in [1.82, 2.24) is 19.8 Å². The number of nitrogens with one attached hydrogen (secondary N) is 1.